The molecule has 16 heavy (non-hydrogen) atoms. The van der Waals surface area contributed by atoms with Crippen molar-refractivity contribution in [2.45, 2.75) is 33.2 Å². The second-order valence-corrected chi connectivity index (χ2v) is 5.09. The van der Waals surface area contributed by atoms with Crippen LogP contribution in [-0.2, 0) is 0 Å². The Kier molecular flexibility index (Phi) is 4.00. The van der Waals surface area contributed by atoms with Crippen LogP contribution >= 0.6 is 0 Å². The van der Waals surface area contributed by atoms with Crippen molar-refractivity contribution in [1.82, 2.24) is 20.7 Å². The van der Waals surface area contributed by atoms with Crippen molar-refractivity contribution in [3.8, 4) is 0 Å². The molecule has 6 nitrogen and oxygen atoms in total. The van der Waals surface area contributed by atoms with E-state index in [2.05, 4.69) is 41.5 Å². The fraction of sp³-hybridized carbons (Fsp3) is 0.700. The summed E-state index contributed by atoms with van der Waals surface area (Å²) in [5.41, 5.74) is 6.35. The standard InChI is InChI=1S/C10H19N5O/c1-10(2,3)4-7(11)5-12-9(16)8-6-13-15-14-8/h6-7H,4-5,11H2,1-3H3,(H,12,16)(H,13,14,15). The number of nitrogens with zero attached hydrogens (tertiary/aromatic N) is 2. The Morgan fingerprint density at radius 1 is 1.62 bits per heavy atom. The van der Waals surface area contributed by atoms with Crippen LogP contribution in [0.25, 0.3) is 0 Å². The molecule has 90 valence electrons. The number of aromatic nitrogens is 3. The maximum atomic E-state index is 11.5. The van der Waals surface area contributed by atoms with Crippen LogP contribution < -0.4 is 11.1 Å². The highest BCUT2D eigenvalue weighted by Crippen LogP contribution is 2.19. The highest BCUT2D eigenvalue weighted by molar-refractivity contribution is 5.91. The van der Waals surface area contributed by atoms with Crippen LogP contribution in [0.1, 0.15) is 37.7 Å². The third-order valence-electron chi connectivity index (χ3n) is 2.05. The fourth-order valence-electron chi connectivity index (χ4n) is 1.48. The number of amides is 1. The van der Waals surface area contributed by atoms with E-state index >= 15 is 0 Å². The fourth-order valence-corrected chi connectivity index (χ4v) is 1.48. The first-order chi connectivity index (χ1) is 7.38. The molecule has 4 N–H and O–H groups in total. The van der Waals surface area contributed by atoms with Gasteiger partial charge < -0.3 is 11.1 Å². The van der Waals surface area contributed by atoms with Crippen molar-refractivity contribution in [2.75, 3.05) is 6.54 Å². The lowest BCUT2D eigenvalue weighted by molar-refractivity contribution is 0.0943. The van der Waals surface area contributed by atoms with Gasteiger partial charge in [-0.25, -0.2) is 0 Å². The van der Waals surface area contributed by atoms with Crippen LogP contribution in [0.2, 0.25) is 0 Å². The number of carbonyl (C=O) groups excluding carboxylic acids is 1. The van der Waals surface area contributed by atoms with E-state index in [1.165, 1.54) is 6.20 Å². The Labute approximate surface area is 95.0 Å². The van der Waals surface area contributed by atoms with Crippen LogP contribution in [0.4, 0.5) is 0 Å². The van der Waals surface area contributed by atoms with Gasteiger partial charge in [-0.1, -0.05) is 20.8 Å². The average Bonchev–Trinajstić information content (AvgIpc) is 2.64. The Hall–Kier alpha value is -1.43. The number of carbonyl (C=O) groups is 1. The molecule has 0 aliphatic rings. The van der Waals surface area contributed by atoms with Crippen LogP contribution in [0.5, 0.6) is 0 Å². The molecule has 1 amide bonds. The van der Waals surface area contributed by atoms with Crippen molar-refractivity contribution < 1.29 is 4.79 Å². The van der Waals surface area contributed by atoms with Gasteiger partial charge in [0.15, 0.2) is 5.69 Å². The summed E-state index contributed by atoms with van der Waals surface area (Å²) in [5, 5.41) is 12.3. The maximum absolute atomic E-state index is 11.5. The van der Waals surface area contributed by atoms with Gasteiger partial charge in [-0.05, 0) is 11.8 Å². The van der Waals surface area contributed by atoms with Crippen molar-refractivity contribution >= 4 is 5.91 Å². The summed E-state index contributed by atoms with van der Waals surface area (Å²) in [6, 6.07) is -0.0455. The minimum absolute atomic E-state index is 0.0455. The molecule has 1 atom stereocenters. The monoisotopic (exact) mass is 225 g/mol. The molecule has 1 rings (SSSR count). The molecule has 1 heterocycles. The van der Waals surface area contributed by atoms with E-state index in [1.54, 1.807) is 0 Å². The van der Waals surface area contributed by atoms with E-state index in [4.69, 9.17) is 5.73 Å². The molecule has 0 radical (unpaired) electrons. The first-order valence-corrected chi connectivity index (χ1v) is 5.28. The minimum atomic E-state index is -0.252. The SMILES string of the molecule is CC(C)(C)CC(N)CNC(=O)c1cn[nH]n1. The van der Waals surface area contributed by atoms with Crippen LogP contribution in [-0.4, -0.2) is 33.9 Å². The summed E-state index contributed by atoms with van der Waals surface area (Å²) in [6.45, 7) is 6.80. The van der Waals surface area contributed by atoms with Crippen molar-refractivity contribution in [1.29, 1.82) is 0 Å². The van der Waals surface area contributed by atoms with Gasteiger partial charge in [0.2, 0.25) is 0 Å². The molecule has 1 unspecified atom stereocenters. The number of nitrogens with two attached hydrogens (primary N) is 1. The Morgan fingerprint density at radius 3 is 2.81 bits per heavy atom. The molecule has 6 heteroatoms. The number of H-pyrrole nitrogens is 1. The molecular formula is C10H19N5O. The zero-order valence-corrected chi connectivity index (χ0v) is 9.95. The smallest absolute Gasteiger partial charge is 0.273 e. The zero-order chi connectivity index (χ0) is 12.2. The number of hydrogen-bond acceptors (Lipinski definition) is 4. The van der Waals surface area contributed by atoms with E-state index in [0.717, 1.165) is 6.42 Å². The lowest BCUT2D eigenvalue weighted by Gasteiger charge is -2.23. The van der Waals surface area contributed by atoms with E-state index in [-0.39, 0.29) is 23.1 Å². The zero-order valence-electron chi connectivity index (χ0n) is 9.95. The van der Waals surface area contributed by atoms with Crippen LogP contribution in [0.3, 0.4) is 0 Å². The van der Waals surface area contributed by atoms with Gasteiger partial charge in [-0.15, -0.1) is 0 Å². The Bertz CT molecular complexity index is 327. The van der Waals surface area contributed by atoms with Gasteiger partial charge in [0.25, 0.3) is 5.91 Å². The molecule has 0 spiro atoms. The predicted octanol–water partition coefficient (Wildman–Crippen LogP) is 0.298. The molecule has 0 aliphatic carbocycles. The highest BCUT2D eigenvalue weighted by atomic mass is 16.1. The van der Waals surface area contributed by atoms with Gasteiger partial charge in [0.1, 0.15) is 0 Å². The first-order valence-electron chi connectivity index (χ1n) is 5.28. The lowest BCUT2D eigenvalue weighted by Crippen LogP contribution is -2.39. The van der Waals surface area contributed by atoms with Gasteiger partial charge in [-0.2, -0.15) is 15.4 Å². The van der Waals surface area contributed by atoms with Crippen molar-refractivity contribution in [3.63, 3.8) is 0 Å². The van der Waals surface area contributed by atoms with Gasteiger partial charge in [-0.3, -0.25) is 4.79 Å². The van der Waals surface area contributed by atoms with Crippen molar-refractivity contribution in [2.24, 2.45) is 11.1 Å². The Morgan fingerprint density at radius 2 is 2.31 bits per heavy atom. The average molecular weight is 225 g/mol. The summed E-state index contributed by atoms with van der Waals surface area (Å²) in [6.07, 6.45) is 2.23. The highest BCUT2D eigenvalue weighted by Gasteiger charge is 2.16. The topological polar surface area (TPSA) is 96.7 Å². The van der Waals surface area contributed by atoms with E-state index in [9.17, 15) is 4.79 Å². The van der Waals surface area contributed by atoms with E-state index in [0.29, 0.717) is 6.54 Å². The van der Waals surface area contributed by atoms with E-state index in [1.807, 2.05) is 0 Å². The molecular weight excluding hydrogens is 206 g/mol. The van der Waals surface area contributed by atoms with Gasteiger partial charge >= 0.3 is 0 Å². The molecule has 0 saturated carbocycles. The number of aromatic amines is 1. The summed E-state index contributed by atoms with van der Waals surface area (Å²) in [7, 11) is 0. The molecule has 0 bridgehead atoms. The number of rotatable bonds is 4. The first kappa shape index (κ1) is 12.6. The largest absolute Gasteiger partial charge is 0.349 e. The van der Waals surface area contributed by atoms with Crippen LogP contribution in [0, 0.1) is 5.41 Å². The van der Waals surface area contributed by atoms with Crippen molar-refractivity contribution in [3.05, 3.63) is 11.9 Å². The van der Waals surface area contributed by atoms with Gasteiger partial charge in [0, 0.05) is 12.6 Å². The summed E-state index contributed by atoms with van der Waals surface area (Å²) < 4.78 is 0. The predicted molar refractivity (Wildman–Crippen MR) is 60.8 cm³/mol. The lowest BCUT2D eigenvalue weighted by atomic mass is 9.88. The molecule has 0 fully saturated rings. The third-order valence-corrected chi connectivity index (χ3v) is 2.05. The van der Waals surface area contributed by atoms with Gasteiger partial charge in [0.05, 0.1) is 6.20 Å². The molecule has 0 saturated heterocycles. The maximum Gasteiger partial charge on any atom is 0.273 e. The summed E-state index contributed by atoms with van der Waals surface area (Å²) >= 11 is 0. The third kappa shape index (κ3) is 4.39. The second-order valence-electron chi connectivity index (χ2n) is 5.09. The number of hydrogen-bond donors (Lipinski definition) is 3. The Balaban J connectivity index is 2.32. The quantitative estimate of drug-likeness (QED) is 0.686. The number of nitrogens with one attached hydrogen (secondary N) is 2. The molecule has 0 aromatic carbocycles. The second kappa shape index (κ2) is 5.07. The van der Waals surface area contributed by atoms with E-state index < -0.39 is 0 Å². The minimum Gasteiger partial charge on any atom is -0.349 e. The summed E-state index contributed by atoms with van der Waals surface area (Å²) in [4.78, 5) is 11.5. The molecule has 0 aliphatic heterocycles. The molecule has 1 aromatic heterocycles. The molecule has 1 aromatic rings. The summed E-state index contributed by atoms with van der Waals surface area (Å²) in [5.74, 6) is -0.252. The normalized spacial score (nSPS) is 13.5. The van der Waals surface area contributed by atoms with Crippen LogP contribution in [0.15, 0.2) is 6.20 Å².